The number of hydrogen-bond donors (Lipinski definition) is 1. The molecule has 2 saturated heterocycles. The molecule has 1 aliphatic carbocycles. The third-order valence-electron chi connectivity index (χ3n) is 6.65. The molecule has 3 fully saturated rings. The Morgan fingerprint density at radius 1 is 0.957 bits per heavy atom. The zero-order chi connectivity index (χ0) is 16.3. The molecule has 1 saturated carbocycles. The molecule has 1 spiro atoms. The van der Waals surface area contributed by atoms with Gasteiger partial charge in [0.2, 0.25) is 0 Å². The Morgan fingerprint density at radius 2 is 1.52 bits per heavy atom. The largest absolute Gasteiger partial charge is 0.494 e. The van der Waals surface area contributed by atoms with Crippen molar-refractivity contribution >= 4 is 12.6 Å². The lowest BCUT2D eigenvalue weighted by atomic mass is 9.78. The highest BCUT2D eigenvalue weighted by Gasteiger charge is 2.54. The van der Waals surface area contributed by atoms with Crippen LogP contribution in [0.4, 0.5) is 0 Å². The van der Waals surface area contributed by atoms with Gasteiger partial charge < -0.3 is 14.6 Å². The Morgan fingerprint density at radius 3 is 2.09 bits per heavy atom. The monoisotopic (exact) mass is 313 g/mol. The van der Waals surface area contributed by atoms with E-state index in [1.807, 2.05) is 0 Å². The Kier molecular flexibility index (Phi) is 3.46. The zero-order valence-electron chi connectivity index (χ0n) is 14.8. The van der Waals surface area contributed by atoms with Crippen molar-refractivity contribution in [2.75, 3.05) is 13.1 Å². The predicted octanol–water partition coefficient (Wildman–Crippen LogP) is 2.84. The molecule has 23 heavy (non-hydrogen) atoms. The first-order valence-corrected chi connectivity index (χ1v) is 8.99. The summed E-state index contributed by atoms with van der Waals surface area (Å²) in [5, 5.41) is 3.48. The van der Waals surface area contributed by atoms with Crippen LogP contribution in [0.1, 0.15) is 58.4 Å². The highest BCUT2D eigenvalue weighted by atomic mass is 16.7. The second-order valence-corrected chi connectivity index (χ2v) is 8.62. The summed E-state index contributed by atoms with van der Waals surface area (Å²) in [6, 6.07) is 8.98. The molecule has 1 aromatic rings. The highest BCUT2D eigenvalue weighted by molar-refractivity contribution is 6.62. The minimum atomic E-state index is -0.272. The van der Waals surface area contributed by atoms with Gasteiger partial charge in [-0.1, -0.05) is 24.3 Å². The topological polar surface area (TPSA) is 30.5 Å². The van der Waals surface area contributed by atoms with Crippen molar-refractivity contribution in [3.63, 3.8) is 0 Å². The van der Waals surface area contributed by atoms with Crippen LogP contribution >= 0.6 is 0 Å². The average molecular weight is 313 g/mol. The van der Waals surface area contributed by atoms with Gasteiger partial charge in [-0.15, -0.1) is 0 Å². The fourth-order valence-corrected chi connectivity index (χ4v) is 4.16. The van der Waals surface area contributed by atoms with Gasteiger partial charge in [-0.3, -0.25) is 0 Å². The van der Waals surface area contributed by atoms with Gasteiger partial charge in [0, 0.05) is 0 Å². The molecule has 4 rings (SSSR count). The molecule has 3 nitrogen and oxygen atoms in total. The summed E-state index contributed by atoms with van der Waals surface area (Å²) in [5.74, 6) is 0.761. The van der Waals surface area contributed by atoms with Gasteiger partial charge in [0.15, 0.2) is 0 Å². The molecule has 0 amide bonds. The van der Waals surface area contributed by atoms with E-state index in [2.05, 4.69) is 57.3 Å². The Bertz CT molecular complexity index is 574. The minimum Gasteiger partial charge on any atom is -0.399 e. The van der Waals surface area contributed by atoms with Gasteiger partial charge in [-0.2, -0.15) is 0 Å². The molecule has 124 valence electrons. The van der Waals surface area contributed by atoms with E-state index < -0.39 is 0 Å². The van der Waals surface area contributed by atoms with E-state index in [0.29, 0.717) is 5.41 Å². The van der Waals surface area contributed by atoms with E-state index >= 15 is 0 Å². The van der Waals surface area contributed by atoms with Crippen LogP contribution < -0.4 is 10.8 Å². The fraction of sp³-hybridized carbons (Fsp3) is 0.684. The summed E-state index contributed by atoms with van der Waals surface area (Å²) in [7, 11) is -0.249. The van der Waals surface area contributed by atoms with Crippen molar-refractivity contribution in [1.82, 2.24) is 5.32 Å². The number of hydrogen-bond acceptors (Lipinski definition) is 3. The van der Waals surface area contributed by atoms with Crippen LogP contribution in [0.5, 0.6) is 0 Å². The van der Waals surface area contributed by atoms with Gasteiger partial charge in [0.25, 0.3) is 0 Å². The van der Waals surface area contributed by atoms with Gasteiger partial charge in [0.1, 0.15) is 0 Å². The maximum absolute atomic E-state index is 6.15. The zero-order valence-corrected chi connectivity index (χ0v) is 14.8. The molecule has 4 heteroatoms. The highest BCUT2D eigenvalue weighted by Crippen LogP contribution is 2.64. The molecular weight excluding hydrogens is 285 g/mol. The first kappa shape index (κ1) is 15.7. The molecule has 1 atom stereocenters. The normalized spacial score (nSPS) is 30.6. The molecular formula is C19H28BNO2. The van der Waals surface area contributed by atoms with Crippen LogP contribution in [0.3, 0.4) is 0 Å². The SMILES string of the molecule is CC1(C)OB(c2ccc(C3CC34CCNCC4)cc2)OC1(C)C. The number of benzene rings is 1. The minimum absolute atomic E-state index is 0.249. The lowest BCUT2D eigenvalue weighted by molar-refractivity contribution is 0.00578. The van der Waals surface area contributed by atoms with Crippen molar-refractivity contribution in [2.24, 2.45) is 5.41 Å². The summed E-state index contributed by atoms with van der Waals surface area (Å²) < 4.78 is 12.3. The standard InChI is InChI=1S/C19H28BNO2/c1-17(2)18(3,4)23-20(22-17)15-7-5-14(6-8-15)16-13-19(16)9-11-21-12-10-19/h5-8,16,21H,9-13H2,1-4H3. The molecule has 0 aromatic heterocycles. The number of piperidine rings is 1. The van der Waals surface area contributed by atoms with Crippen molar-refractivity contribution in [2.45, 2.75) is 64.1 Å². The van der Waals surface area contributed by atoms with E-state index in [0.717, 1.165) is 11.4 Å². The van der Waals surface area contributed by atoms with Crippen molar-refractivity contribution in [3.05, 3.63) is 29.8 Å². The number of nitrogens with one attached hydrogen (secondary N) is 1. The molecule has 3 aliphatic rings. The van der Waals surface area contributed by atoms with Gasteiger partial charge in [0.05, 0.1) is 11.2 Å². The van der Waals surface area contributed by atoms with E-state index in [1.54, 1.807) is 0 Å². The first-order chi connectivity index (χ1) is 10.8. The maximum atomic E-state index is 6.15. The van der Waals surface area contributed by atoms with Gasteiger partial charge in [-0.25, -0.2) is 0 Å². The van der Waals surface area contributed by atoms with Crippen LogP contribution in [0, 0.1) is 5.41 Å². The van der Waals surface area contributed by atoms with Gasteiger partial charge >= 0.3 is 7.12 Å². The van der Waals surface area contributed by atoms with Crippen molar-refractivity contribution < 1.29 is 9.31 Å². The van der Waals surface area contributed by atoms with Crippen LogP contribution in [-0.2, 0) is 9.31 Å². The van der Waals surface area contributed by atoms with Crippen molar-refractivity contribution in [3.8, 4) is 0 Å². The Hall–Kier alpha value is -0.835. The van der Waals surface area contributed by atoms with Crippen LogP contribution in [-0.4, -0.2) is 31.4 Å². The summed E-state index contributed by atoms with van der Waals surface area (Å²) in [6.45, 7) is 10.8. The van der Waals surface area contributed by atoms with E-state index in [-0.39, 0.29) is 18.3 Å². The Labute approximate surface area is 140 Å². The van der Waals surface area contributed by atoms with Crippen molar-refractivity contribution in [1.29, 1.82) is 0 Å². The third-order valence-corrected chi connectivity index (χ3v) is 6.65. The molecule has 0 bridgehead atoms. The molecule has 1 unspecified atom stereocenters. The molecule has 2 heterocycles. The summed E-state index contributed by atoms with van der Waals surface area (Å²) in [4.78, 5) is 0. The maximum Gasteiger partial charge on any atom is 0.494 e. The van der Waals surface area contributed by atoms with Gasteiger partial charge in [-0.05, 0) is 82.4 Å². The smallest absolute Gasteiger partial charge is 0.399 e. The van der Waals surface area contributed by atoms with E-state index in [4.69, 9.17) is 9.31 Å². The first-order valence-electron chi connectivity index (χ1n) is 8.99. The Balaban J connectivity index is 1.48. The lowest BCUT2D eigenvalue weighted by Gasteiger charge is -2.32. The van der Waals surface area contributed by atoms with Crippen LogP contribution in [0.25, 0.3) is 0 Å². The average Bonchev–Trinajstić information content (AvgIpc) is 3.13. The van der Waals surface area contributed by atoms with Crippen LogP contribution in [0.15, 0.2) is 24.3 Å². The predicted molar refractivity (Wildman–Crippen MR) is 94.1 cm³/mol. The van der Waals surface area contributed by atoms with Crippen LogP contribution in [0.2, 0.25) is 0 Å². The molecule has 1 N–H and O–H groups in total. The van der Waals surface area contributed by atoms with E-state index in [9.17, 15) is 0 Å². The molecule has 1 aromatic carbocycles. The fourth-order valence-electron chi connectivity index (χ4n) is 4.16. The van der Waals surface area contributed by atoms with E-state index in [1.165, 1.54) is 37.9 Å². The second kappa shape index (κ2) is 5.08. The third kappa shape index (κ3) is 2.55. The summed E-state index contributed by atoms with van der Waals surface area (Å²) in [5.41, 5.74) is 2.68. The molecule has 0 radical (unpaired) electrons. The molecule has 2 aliphatic heterocycles. The number of rotatable bonds is 2. The quantitative estimate of drug-likeness (QED) is 0.852. The summed E-state index contributed by atoms with van der Waals surface area (Å²) >= 11 is 0. The second-order valence-electron chi connectivity index (χ2n) is 8.62. The summed E-state index contributed by atoms with van der Waals surface area (Å²) in [6.07, 6.45) is 4.03. The lowest BCUT2D eigenvalue weighted by Crippen LogP contribution is -2.41.